The fraction of sp³-hybridized carbons (Fsp3) is 0.400. The van der Waals surface area contributed by atoms with Crippen LogP contribution in [0.4, 0.5) is 5.69 Å². The third kappa shape index (κ3) is 3.43. The number of fused-ring (bicyclic) bond motifs is 1. The monoisotopic (exact) mass is 259 g/mol. The van der Waals surface area contributed by atoms with Gasteiger partial charge in [-0.3, -0.25) is 4.98 Å². The van der Waals surface area contributed by atoms with Crippen molar-refractivity contribution in [1.29, 1.82) is 0 Å². The molecule has 0 atom stereocenters. The Labute approximate surface area is 114 Å². The number of ether oxygens (including phenoxy) is 1. The van der Waals surface area contributed by atoms with Crippen molar-refractivity contribution in [2.45, 2.75) is 13.0 Å². The van der Waals surface area contributed by atoms with Crippen LogP contribution in [-0.2, 0) is 11.3 Å². The summed E-state index contributed by atoms with van der Waals surface area (Å²) in [6, 6.07) is 7.97. The molecule has 0 spiro atoms. The van der Waals surface area contributed by atoms with Crippen molar-refractivity contribution in [1.82, 2.24) is 9.88 Å². The highest BCUT2D eigenvalue weighted by Gasteiger charge is 2.07. The molecule has 0 amide bonds. The Kier molecular flexibility index (Phi) is 4.71. The zero-order valence-electron chi connectivity index (χ0n) is 11.6. The van der Waals surface area contributed by atoms with Crippen LogP contribution < -0.4 is 5.73 Å². The first-order valence-corrected chi connectivity index (χ1v) is 6.52. The standard InChI is InChI=1S/C15H21N3O/c1-18(9-4-10-19-2)11-12-6-7-14(16)13-5-3-8-17-15(12)13/h3,5-8H,4,9-11,16H2,1-2H3. The van der Waals surface area contributed by atoms with Crippen LogP contribution in [0.15, 0.2) is 30.5 Å². The Hall–Kier alpha value is -1.65. The summed E-state index contributed by atoms with van der Waals surface area (Å²) in [5.41, 5.74) is 8.98. The summed E-state index contributed by atoms with van der Waals surface area (Å²) >= 11 is 0. The molecule has 102 valence electrons. The molecule has 1 aromatic heterocycles. The number of nitrogen functional groups attached to an aromatic ring is 1. The first-order chi connectivity index (χ1) is 9.22. The maximum absolute atomic E-state index is 5.98. The van der Waals surface area contributed by atoms with Gasteiger partial charge in [-0.1, -0.05) is 6.07 Å². The number of nitrogens with two attached hydrogens (primary N) is 1. The summed E-state index contributed by atoms with van der Waals surface area (Å²) in [4.78, 5) is 6.74. The van der Waals surface area contributed by atoms with E-state index in [2.05, 4.69) is 23.0 Å². The number of rotatable bonds is 6. The third-order valence-corrected chi connectivity index (χ3v) is 3.22. The molecule has 0 aliphatic carbocycles. The number of pyridine rings is 1. The molecule has 0 fully saturated rings. The average molecular weight is 259 g/mol. The normalized spacial score (nSPS) is 11.3. The summed E-state index contributed by atoms with van der Waals surface area (Å²) < 4.78 is 5.07. The number of aromatic nitrogens is 1. The van der Waals surface area contributed by atoms with Crippen LogP contribution in [0.3, 0.4) is 0 Å². The molecule has 0 aliphatic heterocycles. The van der Waals surface area contributed by atoms with E-state index in [1.807, 2.05) is 24.4 Å². The molecule has 1 aromatic carbocycles. The highest BCUT2D eigenvalue weighted by Crippen LogP contribution is 2.23. The van der Waals surface area contributed by atoms with Crippen molar-refractivity contribution in [3.05, 3.63) is 36.0 Å². The van der Waals surface area contributed by atoms with Gasteiger partial charge in [-0.2, -0.15) is 0 Å². The Balaban J connectivity index is 2.14. The van der Waals surface area contributed by atoms with E-state index in [0.29, 0.717) is 0 Å². The van der Waals surface area contributed by atoms with Crippen molar-refractivity contribution in [2.75, 3.05) is 33.0 Å². The lowest BCUT2D eigenvalue weighted by atomic mass is 10.1. The fourth-order valence-electron chi connectivity index (χ4n) is 2.23. The van der Waals surface area contributed by atoms with Gasteiger partial charge in [0.1, 0.15) is 0 Å². The minimum absolute atomic E-state index is 0.786. The molecule has 0 bridgehead atoms. The molecule has 4 nitrogen and oxygen atoms in total. The number of anilines is 1. The molecule has 2 N–H and O–H groups in total. The maximum atomic E-state index is 5.98. The lowest BCUT2D eigenvalue weighted by Crippen LogP contribution is -2.20. The molecular weight excluding hydrogens is 238 g/mol. The zero-order chi connectivity index (χ0) is 13.7. The van der Waals surface area contributed by atoms with E-state index in [-0.39, 0.29) is 0 Å². The smallest absolute Gasteiger partial charge is 0.0767 e. The van der Waals surface area contributed by atoms with Crippen LogP contribution >= 0.6 is 0 Å². The highest BCUT2D eigenvalue weighted by molar-refractivity contribution is 5.92. The second-order valence-electron chi connectivity index (χ2n) is 4.80. The Morgan fingerprint density at radius 2 is 2.16 bits per heavy atom. The molecular formula is C15H21N3O. The lowest BCUT2D eigenvalue weighted by molar-refractivity contribution is 0.178. The predicted octanol–water partition coefficient (Wildman–Crippen LogP) is 2.29. The van der Waals surface area contributed by atoms with Crippen LogP contribution in [0.1, 0.15) is 12.0 Å². The summed E-state index contributed by atoms with van der Waals surface area (Å²) in [6.07, 6.45) is 2.85. The van der Waals surface area contributed by atoms with Crippen molar-refractivity contribution >= 4 is 16.6 Å². The van der Waals surface area contributed by atoms with Gasteiger partial charge in [0.25, 0.3) is 0 Å². The van der Waals surface area contributed by atoms with E-state index in [4.69, 9.17) is 10.5 Å². The zero-order valence-corrected chi connectivity index (χ0v) is 11.6. The predicted molar refractivity (Wildman–Crippen MR) is 79.0 cm³/mol. The van der Waals surface area contributed by atoms with Crippen LogP contribution in [0.25, 0.3) is 10.9 Å². The maximum Gasteiger partial charge on any atom is 0.0767 e. The first-order valence-electron chi connectivity index (χ1n) is 6.52. The Morgan fingerprint density at radius 1 is 1.32 bits per heavy atom. The van der Waals surface area contributed by atoms with E-state index < -0.39 is 0 Å². The van der Waals surface area contributed by atoms with E-state index >= 15 is 0 Å². The number of nitrogens with zero attached hydrogens (tertiary/aromatic N) is 2. The van der Waals surface area contributed by atoms with Crippen molar-refractivity contribution in [3.8, 4) is 0 Å². The Bertz CT molecular complexity index is 542. The second-order valence-corrected chi connectivity index (χ2v) is 4.80. The van der Waals surface area contributed by atoms with Crippen LogP contribution in [0.2, 0.25) is 0 Å². The molecule has 0 saturated carbocycles. The highest BCUT2D eigenvalue weighted by atomic mass is 16.5. The molecule has 0 radical (unpaired) electrons. The molecule has 0 unspecified atom stereocenters. The number of hydrogen-bond donors (Lipinski definition) is 1. The number of hydrogen-bond acceptors (Lipinski definition) is 4. The molecule has 2 rings (SSSR count). The number of methoxy groups -OCH3 is 1. The SMILES string of the molecule is COCCCN(C)Cc1ccc(N)c2cccnc12. The quantitative estimate of drug-likeness (QED) is 0.639. The van der Waals surface area contributed by atoms with Crippen LogP contribution in [-0.4, -0.2) is 37.2 Å². The van der Waals surface area contributed by atoms with Gasteiger partial charge in [-0.25, -0.2) is 0 Å². The lowest BCUT2D eigenvalue weighted by Gasteiger charge is -2.17. The summed E-state index contributed by atoms with van der Waals surface area (Å²) in [7, 11) is 3.85. The van der Waals surface area contributed by atoms with Gasteiger partial charge in [-0.15, -0.1) is 0 Å². The molecule has 4 heteroatoms. The third-order valence-electron chi connectivity index (χ3n) is 3.22. The summed E-state index contributed by atoms with van der Waals surface area (Å²) in [5.74, 6) is 0. The minimum atomic E-state index is 0.786. The average Bonchev–Trinajstić information content (AvgIpc) is 2.43. The minimum Gasteiger partial charge on any atom is -0.398 e. The molecule has 0 saturated heterocycles. The van der Waals surface area contributed by atoms with Gasteiger partial charge in [0.15, 0.2) is 0 Å². The molecule has 2 aromatic rings. The molecule has 19 heavy (non-hydrogen) atoms. The topological polar surface area (TPSA) is 51.4 Å². The van der Waals surface area contributed by atoms with Crippen LogP contribution in [0.5, 0.6) is 0 Å². The van der Waals surface area contributed by atoms with Crippen molar-refractivity contribution in [2.24, 2.45) is 0 Å². The van der Waals surface area contributed by atoms with Gasteiger partial charge in [-0.05, 0) is 37.2 Å². The van der Waals surface area contributed by atoms with E-state index in [1.54, 1.807) is 7.11 Å². The van der Waals surface area contributed by atoms with E-state index in [9.17, 15) is 0 Å². The first kappa shape index (κ1) is 13.8. The molecule has 1 heterocycles. The van der Waals surface area contributed by atoms with Gasteiger partial charge < -0.3 is 15.4 Å². The van der Waals surface area contributed by atoms with Gasteiger partial charge in [0.05, 0.1) is 5.52 Å². The Morgan fingerprint density at radius 3 is 2.95 bits per heavy atom. The van der Waals surface area contributed by atoms with Gasteiger partial charge >= 0.3 is 0 Å². The number of benzene rings is 1. The van der Waals surface area contributed by atoms with E-state index in [1.165, 1.54) is 5.56 Å². The van der Waals surface area contributed by atoms with E-state index in [0.717, 1.165) is 42.7 Å². The molecule has 0 aliphatic rings. The van der Waals surface area contributed by atoms with Crippen molar-refractivity contribution in [3.63, 3.8) is 0 Å². The summed E-state index contributed by atoms with van der Waals surface area (Å²) in [6.45, 7) is 2.68. The van der Waals surface area contributed by atoms with Crippen LogP contribution in [0, 0.1) is 0 Å². The van der Waals surface area contributed by atoms with Gasteiger partial charge in [0.2, 0.25) is 0 Å². The summed E-state index contributed by atoms with van der Waals surface area (Å²) in [5, 5.41) is 1.03. The van der Waals surface area contributed by atoms with Gasteiger partial charge in [0, 0.05) is 44.1 Å². The second kappa shape index (κ2) is 6.50. The largest absolute Gasteiger partial charge is 0.398 e. The fourth-order valence-corrected chi connectivity index (χ4v) is 2.23. The van der Waals surface area contributed by atoms with Crippen molar-refractivity contribution < 1.29 is 4.74 Å².